The van der Waals surface area contributed by atoms with E-state index < -0.39 is 6.10 Å². The fraction of sp³-hybridized carbons (Fsp3) is 0.917. The molecule has 0 aromatic carbocycles. The van der Waals surface area contributed by atoms with Crippen LogP contribution in [0.15, 0.2) is 0 Å². The lowest BCUT2D eigenvalue weighted by Gasteiger charge is -2.27. The number of nitrogens with one attached hydrogen (secondary N) is 2. The molecule has 1 amide bonds. The predicted molar refractivity (Wildman–Crippen MR) is 65.7 cm³/mol. The summed E-state index contributed by atoms with van der Waals surface area (Å²) >= 11 is 0. The van der Waals surface area contributed by atoms with Crippen molar-refractivity contribution in [3.8, 4) is 0 Å². The maximum absolute atomic E-state index is 11.8. The van der Waals surface area contributed by atoms with E-state index in [1.54, 1.807) is 7.11 Å². The van der Waals surface area contributed by atoms with E-state index in [-0.39, 0.29) is 23.6 Å². The number of carbonyl (C=O) groups is 1. The molecular formula is C12H24N2O3. The smallest absolute Gasteiger partial charge is 0.237 e. The standard InChI is InChI=1S/C12H24N2O3/c1-8(6-12(2,3)17-4)14-11(16)10-5-9(15)7-13-10/h8-10,13,15H,5-7H2,1-4H3,(H,14,16). The van der Waals surface area contributed by atoms with Crippen LogP contribution in [0.3, 0.4) is 0 Å². The molecule has 100 valence electrons. The lowest BCUT2D eigenvalue weighted by atomic mass is 9.99. The highest BCUT2D eigenvalue weighted by Crippen LogP contribution is 2.15. The molecule has 3 N–H and O–H groups in total. The van der Waals surface area contributed by atoms with E-state index in [0.717, 1.165) is 6.42 Å². The molecule has 17 heavy (non-hydrogen) atoms. The van der Waals surface area contributed by atoms with Crippen molar-refractivity contribution in [3.63, 3.8) is 0 Å². The molecule has 1 fully saturated rings. The summed E-state index contributed by atoms with van der Waals surface area (Å²) in [5.74, 6) is -0.0408. The van der Waals surface area contributed by atoms with E-state index in [4.69, 9.17) is 4.74 Å². The van der Waals surface area contributed by atoms with Crippen LogP contribution in [0.5, 0.6) is 0 Å². The Bertz CT molecular complexity index is 268. The van der Waals surface area contributed by atoms with Crippen molar-refractivity contribution in [3.05, 3.63) is 0 Å². The van der Waals surface area contributed by atoms with E-state index in [2.05, 4.69) is 10.6 Å². The van der Waals surface area contributed by atoms with Gasteiger partial charge in [-0.15, -0.1) is 0 Å². The van der Waals surface area contributed by atoms with Crippen molar-refractivity contribution < 1.29 is 14.6 Å². The lowest BCUT2D eigenvalue weighted by molar-refractivity contribution is -0.124. The maximum atomic E-state index is 11.8. The Hall–Kier alpha value is -0.650. The highest BCUT2D eigenvalue weighted by Gasteiger charge is 2.29. The second kappa shape index (κ2) is 5.80. The number of hydrogen-bond acceptors (Lipinski definition) is 4. The molecule has 0 spiro atoms. The number of β-amino-alcohol motifs (C(OH)–C–C–N with tert-alkyl or cyclic N) is 1. The summed E-state index contributed by atoms with van der Waals surface area (Å²) in [6.07, 6.45) is 0.841. The SMILES string of the molecule is COC(C)(C)CC(C)NC(=O)C1CC(O)CN1. The molecule has 5 heteroatoms. The molecule has 1 saturated heterocycles. The minimum absolute atomic E-state index is 0.0408. The number of ether oxygens (including phenoxy) is 1. The molecule has 0 aliphatic carbocycles. The van der Waals surface area contributed by atoms with Crippen molar-refractivity contribution in [2.45, 2.75) is 57.4 Å². The van der Waals surface area contributed by atoms with Gasteiger partial charge in [0.1, 0.15) is 0 Å². The first-order chi connectivity index (χ1) is 7.84. The molecule has 1 heterocycles. The van der Waals surface area contributed by atoms with E-state index in [1.807, 2.05) is 20.8 Å². The molecule has 0 bridgehead atoms. The Kier molecular flexibility index (Phi) is 4.91. The molecular weight excluding hydrogens is 220 g/mol. The Morgan fingerprint density at radius 1 is 1.65 bits per heavy atom. The van der Waals surface area contributed by atoms with Crippen LogP contribution in [0.4, 0.5) is 0 Å². The van der Waals surface area contributed by atoms with Gasteiger partial charge in [0, 0.05) is 19.7 Å². The van der Waals surface area contributed by atoms with Gasteiger partial charge in [-0.2, -0.15) is 0 Å². The molecule has 0 radical (unpaired) electrons. The van der Waals surface area contributed by atoms with Gasteiger partial charge in [-0.3, -0.25) is 4.79 Å². The van der Waals surface area contributed by atoms with E-state index >= 15 is 0 Å². The Morgan fingerprint density at radius 3 is 2.76 bits per heavy atom. The number of carbonyl (C=O) groups excluding carboxylic acids is 1. The van der Waals surface area contributed by atoms with Crippen LogP contribution >= 0.6 is 0 Å². The van der Waals surface area contributed by atoms with Gasteiger partial charge in [-0.05, 0) is 33.6 Å². The average molecular weight is 244 g/mol. The van der Waals surface area contributed by atoms with Crippen molar-refractivity contribution in [1.29, 1.82) is 0 Å². The number of aliphatic hydroxyl groups excluding tert-OH is 1. The first-order valence-electron chi connectivity index (χ1n) is 6.11. The van der Waals surface area contributed by atoms with Crippen molar-refractivity contribution in [2.24, 2.45) is 0 Å². The molecule has 5 nitrogen and oxygen atoms in total. The average Bonchev–Trinajstić information content (AvgIpc) is 2.64. The minimum atomic E-state index is -0.406. The Labute approximate surface area is 103 Å². The number of aliphatic hydroxyl groups is 1. The van der Waals surface area contributed by atoms with Gasteiger partial charge >= 0.3 is 0 Å². The summed E-state index contributed by atoms with van der Waals surface area (Å²) in [5.41, 5.74) is -0.241. The molecule has 1 aliphatic rings. The summed E-state index contributed by atoms with van der Waals surface area (Å²) in [6, 6.07) is -0.213. The van der Waals surface area contributed by atoms with Gasteiger partial charge in [-0.25, -0.2) is 0 Å². The summed E-state index contributed by atoms with van der Waals surface area (Å²) in [4.78, 5) is 11.8. The zero-order chi connectivity index (χ0) is 13.1. The summed E-state index contributed by atoms with van der Waals surface area (Å²) in [6.45, 7) is 6.44. The summed E-state index contributed by atoms with van der Waals surface area (Å²) in [5, 5.41) is 15.3. The summed E-state index contributed by atoms with van der Waals surface area (Å²) < 4.78 is 5.33. The first kappa shape index (κ1) is 14.4. The van der Waals surface area contributed by atoms with Crippen LogP contribution in [0.2, 0.25) is 0 Å². The molecule has 3 unspecified atom stereocenters. The van der Waals surface area contributed by atoms with E-state index in [1.165, 1.54) is 0 Å². The summed E-state index contributed by atoms with van der Waals surface area (Å²) in [7, 11) is 1.67. The van der Waals surface area contributed by atoms with Crippen LogP contribution in [-0.4, -0.2) is 48.5 Å². The number of methoxy groups -OCH3 is 1. The second-order valence-corrected chi connectivity index (χ2v) is 5.43. The zero-order valence-electron chi connectivity index (χ0n) is 11.1. The highest BCUT2D eigenvalue weighted by molar-refractivity contribution is 5.82. The fourth-order valence-electron chi connectivity index (χ4n) is 2.13. The molecule has 1 aliphatic heterocycles. The van der Waals surface area contributed by atoms with Gasteiger partial charge in [0.25, 0.3) is 0 Å². The van der Waals surface area contributed by atoms with Crippen LogP contribution in [0.1, 0.15) is 33.6 Å². The molecule has 0 aromatic heterocycles. The van der Waals surface area contributed by atoms with Crippen LogP contribution in [0, 0.1) is 0 Å². The van der Waals surface area contributed by atoms with Gasteiger partial charge < -0.3 is 20.5 Å². The van der Waals surface area contributed by atoms with Gasteiger partial charge in [0.05, 0.1) is 17.7 Å². The minimum Gasteiger partial charge on any atom is -0.392 e. The van der Waals surface area contributed by atoms with Crippen LogP contribution in [0.25, 0.3) is 0 Å². The monoisotopic (exact) mass is 244 g/mol. The van der Waals surface area contributed by atoms with Crippen molar-refractivity contribution in [2.75, 3.05) is 13.7 Å². The lowest BCUT2D eigenvalue weighted by Crippen LogP contribution is -2.46. The topological polar surface area (TPSA) is 70.6 Å². The number of rotatable bonds is 5. The predicted octanol–water partition coefficient (Wildman–Crippen LogP) is 0.0290. The number of amides is 1. The van der Waals surface area contributed by atoms with Gasteiger partial charge in [0.2, 0.25) is 5.91 Å². The molecule has 0 aromatic rings. The molecule has 0 saturated carbocycles. The highest BCUT2D eigenvalue weighted by atomic mass is 16.5. The Balaban J connectivity index is 2.36. The Morgan fingerprint density at radius 2 is 2.29 bits per heavy atom. The third-order valence-electron chi connectivity index (χ3n) is 3.16. The van der Waals surface area contributed by atoms with Crippen molar-refractivity contribution in [1.82, 2.24) is 10.6 Å². The normalized spacial score (nSPS) is 26.9. The van der Waals surface area contributed by atoms with Crippen LogP contribution in [-0.2, 0) is 9.53 Å². The van der Waals surface area contributed by atoms with Crippen LogP contribution < -0.4 is 10.6 Å². The molecule has 3 atom stereocenters. The number of hydrogen-bond donors (Lipinski definition) is 3. The third-order valence-corrected chi connectivity index (χ3v) is 3.16. The molecule has 1 rings (SSSR count). The van der Waals surface area contributed by atoms with E-state index in [9.17, 15) is 9.90 Å². The van der Waals surface area contributed by atoms with Crippen molar-refractivity contribution >= 4 is 5.91 Å². The van der Waals surface area contributed by atoms with Gasteiger partial charge in [-0.1, -0.05) is 0 Å². The maximum Gasteiger partial charge on any atom is 0.237 e. The largest absolute Gasteiger partial charge is 0.392 e. The second-order valence-electron chi connectivity index (χ2n) is 5.43. The van der Waals surface area contributed by atoms with Gasteiger partial charge in [0.15, 0.2) is 0 Å². The first-order valence-corrected chi connectivity index (χ1v) is 6.11. The fourth-order valence-corrected chi connectivity index (χ4v) is 2.13. The van der Waals surface area contributed by atoms with E-state index in [0.29, 0.717) is 13.0 Å². The third kappa shape index (κ3) is 4.61. The zero-order valence-corrected chi connectivity index (χ0v) is 11.1. The quantitative estimate of drug-likeness (QED) is 0.638.